The molecule has 0 saturated heterocycles. The normalized spacial score (nSPS) is 13.4. The van der Waals surface area contributed by atoms with Gasteiger partial charge in [-0.05, 0) is 48.7 Å². The van der Waals surface area contributed by atoms with E-state index < -0.39 is 0 Å². The van der Waals surface area contributed by atoms with Gasteiger partial charge >= 0.3 is 0 Å². The highest BCUT2D eigenvalue weighted by atomic mass is 35.5. The fraction of sp³-hybridized carbons (Fsp3) is 0.261. The van der Waals surface area contributed by atoms with Crippen molar-refractivity contribution in [3.8, 4) is 23.0 Å². The highest BCUT2D eigenvalue weighted by Crippen LogP contribution is 2.31. The van der Waals surface area contributed by atoms with E-state index in [0.717, 1.165) is 18.4 Å². The van der Waals surface area contributed by atoms with E-state index in [-0.39, 0.29) is 18.5 Å². The summed E-state index contributed by atoms with van der Waals surface area (Å²) in [5.41, 5.74) is 1.47. The Kier molecular flexibility index (Phi) is 6.23. The van der Waals surface area contributed by atoms with Crippen LogP contribution < -0.4 is 9.47 Å². The lowest BCUT2D eigenvalue weighted by Gasteiger charge is -2.18. The predicted molar refractivity (Wildman–Crippen MR) is 117 cm³/mol. The summed E-state index contributed by atoms with van der Waals surface area (Å²) in [6, 6.07) is 12.9. The van der Waals surface area contributed by atoms with Crippen molar-refractivity contribution in [3.05, 3.63) is 65.0 Å². The number of aromatic nitrogens is 2. The molecule has 0 radical (unpaired) electrons. The van der Waals surface area contributed by atoms with Gasteiger partial charge in [-0.15, -0.1) is 10.2 Å². The van der Waals surface area contributed by atoms with Crippen molar-refractivity contribution in [2.24, 2.45) is 0 Å². The van der Waals surface area contributed by atoms with Gasteiger partial charge in [-0.2, -0.15) is 0 Å². The molecule has 1 aliphatic carbocycles. The summed E-state index contributed by atoms with van der Waals surface area (Å²) in [6.07, 6.45) is 5.19. The summed E-state index contributed by atoms with van der Waals surface area (Å²) in [5, 5.41) is 8.72. The van der Waals surface area contributed by atoms with Gasteiger partial charge in [-0.25, -0.2) is 0 Å². The van der Waals surface area contributed by atoms with Crippen molar-refractivity contribution >= 4 is 23.6 Å². The molecule has 1 saturated carbocycles. The van der Waals surface area contributed by atoms with Crippen molar-refractivity contribution in [2.45, 2.75) is 25.4 Å². The zero-order valence-corrected chi connectivity index (χ0v) is 18.0. The third-order valence-corrected chi connectivity index (χ3v) is 5.27. The molecule has 1 heterocycles. The molecule has 0 bridgehead atoms. The first-order valence-corrected chi connectivity index (χ1v) is 10.2. The van der Waals surface area contributed by atoms with E-state index in [0.29, 0.717) is 33.9 Å². The second-order valence-corrected chi connectivity index (χ2v) is 7.56. The number of carbonyl (C=O) groups excluding carboxylic acids is 1. The first kappa shape index (κ1) is 20.9. The van der Waals surface area contributed by atoms with Gasteiger partial charge < -0.3 is 18.8 Å². The fourth-order valence-electron chi connectivity index (χ4n) is 3.17. The topological polar surface area (TPSA) is 77.7 Å². The van der Waals surface area contributed by atoms with Crippen LogP contribution in [0.4, 0.5) is 0 Å². The van der Waals surface area contributed by atoms with E-state index in [4.69, 9.17) is 25.5 Å². The van der Waals surface area contributed by atoms with Gasteiger partial charge in [0.2, 0.25) is 17.7 Å². The molecule has 0 N–H and O–H groups in total. The van der Waals surface area contributed by atoms with E-state index in [9.17, 15) is 4.79 Å². The SMILES string of the molecule is COc1cc(C=CC(=O)N(Cc2nnc(-c3ccccc3Cl)o2)C2CC2)cc(OC)c1. The van der Waals surface area contributed by atoms with E-state index in [2.05, 4.69) is 10.2 Å². The van der Waals surface area contributed by atoms with Gasteiger partial charge in [0.05, 0.1) is 31.4 Å². The van der Waals surface area contributed by atoms with Gasteiger partial charge in [-0.1, -0.05) is 23.7 Å². The lowest BCUT2D eigenvalue weighted by Crippen LogP contribution is -2.31. The van der Waals surface area contributed by atoms with Crippen LogP contribution in [0.5, 0.6) is 11.5 Å². The molecule has 0 atom stereocenters. The van der Waals surface area contributed by atoms with Gasteiger partial charge in [0.15, 0.2) is 0 Å². The first-order chi connectivity index (χ1) is 15.1. The Morgan fingerprint density at radius 1 is 1.16 bits per heavy atom. The molecule has 3 aromatic rings. The van der Waals surface area contributed by atoms with Gasteiger partial charge in [-0.3, -0.25) is 4.79 Å². The molecule has 1 amide bonds. The Morgan fingerprint density at radius 3 is 2.52 bits per heavy atom. The second-order valence-electron chi connectivity index (χ2n) is 7.16. The lowest BCUT2D eigenvalue weighted by molar-refractivity contribution is -0.127. The maximum absolute atomic E-state index is 12.9. The summed E-state index contributed by atoms with van der Waals surface area (Å²) in [5.74, 6) is 1.89. The summed E-state index contributed by atoms with van der Waals surface area (Å²) in [6.45, 7) is 0.243. The van der Waals surface area contributed by atoms with Gasteiger partial charge in [0.25, 0.3) is 0 Å². The minimum atomic E-state index is -0.123. The van der Waals surface area contributed by atoms with Crippen molar-refractivity contribution in [3.63, 3.8) is 0 Å². The molecular formula is C23H22ClN3O4. The fourth-order valence-corrected chi connectivity index (χ4v) is 3.39. The molecule has 7 nitrogen and oxygen atoms in total. The van der Waals surface area contributed by atoms with Crippen LogP contribution in [0.3, 0.4) is 0 Å². The van der Waals surface area contributed by atoms with Crippen LogP contribution in [-0.4, -0.2) is 41.3 Å². The minimum absolute atomic E-state index is 0.123. The average Bonchev–Trinajstić information content (AvgIpc) is 3.53. The summed E-state index contributed by atoms with van der Waals surface area (Å²) < 4.78 is 16.3. The van der Waals surface area contributed by atoms with Crippen molar-refractivity contribution in [2.75, 3.05) is 14.2 Å². The number of hydrogen-bond acceptors (Lipinski definition) is 6. The Morgan fingerprint density at radius 2 is 1.87 bits per heavy atom. The van der Waals surface area contributed by atoms with E-state index in [1.807, 2.05) is 30.3 Å². The van der Waals surface area contributed by atoms with Gasteiger partial charge in [0.1, 0.15) is 11.5 Å². The number of rotatable bonds is 8. The van der Waals surface area contributed by atoms with Gasteiger partial charge in [0, 0.05) is 18.2 Å². The molecule has 0 spiro atoms. The van der Waals surface area contributed by atoms with Crippen LogP contribution in [0.1, 0.15) is 24.3 Å². The van der Waals surface area contributed by atoms with Crippen LogP contribution in [0.15, 0.2) is 53.0 Å². The zero-order chi connectivity index (χ0) is 21.8. The Hall–Kier alpha value is -3.32. The molecule has 1 fully saturated rings. The third kappa shape index (κ3) is 5.06. The lowest BCUT2D eigenvalue weighted by atomic mass is 10.2. The molecule has 1 aliphatic rings. The average molecular weight is 440 g/mol. The summed E-state index contributed by atoms with van der Waals surface area (Å²) >= 11 is 6.21. The monoisotopic (exact) mass is 439 g/mol. The molecule has 8 heteroatoms. The molecule has 1 aromatic heterocycles. The second kappa shape index (κ2) is 9.22. The molecule has 0 aliphatic heterocycles. The maximum Gasteiger partial charge on any atom is 0.249 e. The Bertz CT molecular complexity index is 1090. The van der Waals surface area contributed by atoms with Crippen molar-refractivity contribution in [1.82, 2.24) is 15.1 Å². The van der Waals surface area contributed by atoms with Crippen LogP contribution in [0.2, 0.25) is 5.02 Å². The number of amides is 1. The smallest absolute Gasteiger partial charge is 0.249 e. The van der Waals surface area contributed by atoms with E-state index >= 15 is 0 Å². The molecule has 31 heavy (non-hydrogen) atoms. The number of methoxy groups -OCH3 is 2. The quantitative estimate of drug-likeness (QED) is 0.477. The number of ether oxygens (including phenoxy) is 2. The molecule has 160 valence electrons. The predicted octanol–water partition coefficient (Wildman–Crippen LogP) is 4.61. The highest BCUT2D eigenvalue weighted by Gasteiger charge is 2.33. The summed E-state index contributed by atoms with van der Waals surface area (Å²) in [7, 11) is 3.17. The largest absolute Gasteiger partial charge is 0.497 e. The molecule has 4 rings (SSSR count). The van der Waals surface area contributed by atoms with E-state index in [1.54, 1.807) is 37.3 Å². The number of benzene rings is 2. The first-order valence-electron chi connectivity index (χ1n) is 9.86. The third-order valence-electron chi connectivity index (χ3n) is 4.94. The van der Waals surface area contributed by atoms with E-state index in [1.165, 1.54) is 6.08 Å². The molecule has 0 unspecified atom stereocenters. The van der Waals surface area contributed by atoms with Crippen LogP contribution >= 0.6 is 11.6 Å². The van der Waals surface area contributed by atoms with Crippen molar-refractivity contribution in [1.29, 1.82) is 0 Å². The Balaban J connectivity index is 1.49. The Labute approximate surface area is 185 Å². The number of halogens is 1. The number of hydrogen-bond donors (Lipinski definition) is 0. The van der Waals surface area contributed by atoms with Crippen LogP contribution in [0, 0.1) is 0 Å². The zero-order valence-electron chi connectivity index (χ0n) is 17.2. The molecular weight excluding hydrogens is 418 g/mol. The summed E-state index contributed by atoms with van der Waals surface area (Å²) in [4.78, 5) is 14.7. The molecule has 2 aromatic carbocycles. The van der Waals surface area contributed by atoms with Crippen LogP contribution in [-0.2, 0) is 11.3 Å². The number of carbonyl (C=O) groups is 1. The highest BCUT2D eigenvalue weighted by molar-refractivity contribution is 6.33. The minimum Gasteiger partial charge on any atom is -0.497 e. The standard InChI is InChI=1S/C23H22ClN3O4/c1-29-17-11-15(12-18(13-17)30-2)7-10-22(28)27(16-8-9-16)14-21-25-26-23(31-21)19-5-3-4-6-20(19)24/h3-7,10-13,16H,8-9,14H2,1-2H3. The number of nitrogens with zero attached hydrogens (tertiary/aromatic N) is 3. The maximum atomic E-state index is 12.9. The van der Waals surface area contributed by atoms with Crippen LogP contribution in [0.25, 0.3) is 17.5 Å². The van der Waals surface area contributed by atoms with Crippen molar-refractivity contribution < 1.29 is 18.7 Å².